The van der Waals surface area contributed by atoms with E-state index in [2.05, 4.69) is 20.7 Å². The molecule has 0 fully saturated rings. The number of sulfonamides is 1. The average molecular weight is 674 g/mol. The minimum Gasteiger partial charge on any atom is -0.340 e. The van der Waals surface area contributed by atoms with Crippen molar-refractivity contribution in [1.29, 1.82) is 0 Å². The van der Waals surface area contributed by atoms with E-state index in [0.29, 0.717) is 11.6 Å². The molecule has 0 unspecified atom stereocenters. The number of carbonyl (C=O) groups is 1. The lowest BCUT2D eigenvalue weighted by atomic mass is 10.1. The van der Waals surface area contributed by atoms with Gasteiger partial charge in [0.05, 0.1) is 21.1 Å². The van der Waals surface area contributed by atoms with Crippen molar-refractivity contribution >= 4 is 47.8 Å². The molecule has 41 heavy (non-hydrogen) atoms. The number of rotatable bonds is 12. The van der Waals surface area contributed by atoms with Crippen LogP contribution < -0.4 is 4.72 Å². The van der Waals surface area contributed by atoms with Gasteiger partial charge in [-0.3, -0.25) is 4.79 Å². The third-order valence-corrected chi connectivity index (χ3v) is 9.44. The lowest BCUT2D eigenvalue weighted by Gasteiger charge is -2.17. The van der Waals surface area contributed by atoms with Gasteiger partial charge in [0.15, 0.2) is 0 Å². The predicted molar refractivity (Wildman–Crippen MR) is 155 cm³/mol. The Labute approximate surface area is 246 Å². The molecule has 3 aromatic carbocycles. The van der Waals surface area contributed by atoms with E-state index in [1.54, 1.807) is 18.2 Å². The van der Waals surface area contributed by atoms with Crippen molar-refractivity contribution in [3.05, 3.63) is 101 Å². The van der Waals surface area contributed by atoms with E-state index >= 15 is 0 Å². The van der Waals surface area contributed by atoms with Gasteiger partial charge in [-0.25, -0.2) is 21.6 Å². The van der Waals surface area contributed by atoms with Gasteiger partial charge in [-0.15, -0.1) is 0 Å². The molecule has 3 rings (SSSR count). The third-order valence-electron chi connectivity index (χ3n) is 6.01. The number of nitrogens with zero attached hydrogens (tertiary/aromatic N) is 1. The maximum atomic E-state index is 13.6. The standard InChI is InChI=1S/C28H28BrF3N2O5S2/c1-34(27(35)22-11-9-21(10-12-22)15-16-29)18-17-33-40(36,37)19-5-6-23-20-25(13-14-26(23)28(30,31)32)41(38,39)24-7-3-2-4-8-24/h2-14,20,33H,15-19H2,1H3. The molecule has 0 spiro atoms. The Bertz CT molecular complexity index is 1590. The number of hydrogen-bond acceptors (Lipinski definition) is 5. The van der Waals surface area contributed by atoms with Crippen LogP contribution >= 0.6 is 15.9 Å². The summed E-state index contributed by atoms with van der Waals surface area (Å²) in [6.45, 7) is -0.0543. The zero-order valence-corrected chi connectivity index (χ0v) is 25.2. The van der Waals surface area contributed by atoms with Gasteiger partial charge < -0.3 is 4.90 Å². The highest BCUT2D eigenvalue weighted by molar-refractivity contribution is 9.09. The summed E-state index contributed by atoms with van der Waals surface area (Å²) in [4.78, 5) is 13.5. The molecule has 3 aromatic rings. The van der Waals surface area contributed by atoms with Crippen LogP contribution in [-0.2, 0) is 32.5 Å². The Morgan fingerprint density at radius 1 is 0.951 bits per heavy atom. The second-order valence-corrected chi connectivity index (χ2v) is 13.6. The van der Waals surface area contributed by atoms with Gasteiger partial charge in [-0.05, 0) is 60.0 Å². The summed E-state index contributed by atoms with van der Waals surface area (Å²) in [7, 11) is -6.53. The fourth-order valence-electron chi connectivity index (χ4n) is 3.81. The summed E-state index contributed by atoms with van der Waals surface area (Å²) >= 11 is 3.35. The van der Waals surface area contributed by atoms with E-state index in [1.165, 1.54) is 36.2 Å². The minimum atomic E-state index is -4.79. The molecule has 0 saturated heterocycles. The third kappa shape index (κ3) is 8.99. The summed E-state index contributed by atoms with van der Waals surface area (Å²) in [6, 6.07) is 16.7. The fourth-order valence-corrected chi connectivity index (χ4v) is 6.46. The lowest BCUT2D eigenvalue weighted by molar-refractivity contribution is -0.137. The normalized spacial score (nSPS) is 12.5. The van der Waals surface area contributed by atoms with Gasteiger partial charge in [0.2, 0.25) is 19.9 Å². The summed E-state index contributed by atoms with van der Waals surface area (Å²) in [5.41, 5.74) is -0.0777. The predicted octanol–water partition coefficient (Wildman–Crippen LogP) is 5.18. The summed E-state index contributed by atoms with van der Waals surface area (Å²) in [5, 5.41) is 0.793. The molecule has 7 nitrogen and oxygen atoms in total. The average Bonchev–Trinajstić information content (AvgIpc) is 2.93. The van der Waals surface area contributed by atoms with E-state index in [-0.39, 0.29) is 28.8 Å². The van der Waals surface area contributed by atoms with Crippen molar-refractivity contribution in [2.24, 2.45) is 0 Å². The molecule has 0 saturated carbocycles. The number of aryl methyl sites for hydroxylation is 1. The minimum absolute atomic E-state index is 0.0581. The number of amides is 1. The van der Waals surface area contributed by atoms with Crippen LogP contribution in [-0.4, -0.2) is 58.9 Å². The maximum absolute atomic E-state index is 13.6. The summed E-state index contributed by atoms with van der Waals surface area (Å²) in [5.74, 6) is -0.952. The van der Waals surface area contributed by atoms with Crippen molar-refractivity contribution in [3.63, 3.8) is 0 Å². The first-order valence-corrected chi connectivity index (χ1v) is 16.6. The number of likely N-dealkylation sites (N-methyl/N-ethyl adjacent to an activating group) is 1. The van der Waals surface area contributed by atoms with Crippen LogP contribution in [0.4, 0.5) is 13.2 Å². The van der Waals surface area contributed by atoms with Gasteiger partial charge in [0, 0.05) is 31.0 Å². The second-order valence-electron chi connectivity index (χ2n) is 9.00. The molecular formula is C28H28BrF3N2O5S2. The Morgan fingerprint density at radius 2 is 1.61 bits per heavy atom. The van der Waals surface area contributed by atoms with Crippen molar-refractivity contribution < 1.29 is 34.8 Å². The zero-order chi connectivity index (χ0) is 30.3. The van der Waals surface area contributed by atoms with Crippen molar-refractivity contribution in [2.45, 2.75) is 22.4 Å². The van der Waals surface area contributed by atoms with Crippen LogP contribution in [0, 0.1) is 0 Å². The molecule has 220 valence electrons. The highest BCUT2D eigenvalue weighted by atomic mass is 79.9. The van der Waals surface area contributed by atoms with Crippen LogP contribution in [0.1, 0.15) is 27.0 Å². The molecule has 0 heterocycles. The van der Waals surface area contributed by atoms with Gasteiger partial charge in [-0.1, -0.05) is 58.4 Å². The summed E-state index contributed by atoms with van der Waals surface area (Å²) < 4.78 is 93.8. The molecule has 1 amide bonds. The Balaban J connectivity index is 1.66. The Hall–Kier alpha value is -3.00. The topological polar surface area (TPSA) is 101 Å². The molecule has 1 N–H and O–H groups in total. The Kier molecular flexibility index (Phi) is 10.9. The molecule has 0 atom stereocenters. The first-order valence-electron chi connectivity index (χ1n) is 12.3. The molecule has 0 aliphatic rings. The molecule has 13 heteroatoms. The van der Waals surface area contributed by atoms with Gasteiger partial charge in [-0.2, -0.15) is 13.2 Å². The second kappa shape index (κ2) is 13.8. The van der Waals surface area contributed by atoms with Crippen LogP contribution in [0.3, 0.4) is 0 Å². The van der Waals surface area contributed by atoms with E-state index in [0.717, 1.165) is 41.6 Å². The number of sulfone groups is 1. The Morgan fingerprint density at radius 3 is 2.22 bits per heavy atom. The van der Waals surface area contributed by atoms with Crippen LogP contribution in [0.2, 0.25) is 0 Å². The van der Waals surface area contributed by atoms with Crippen LogP contribution in [0.25, 0.3) is 6.08 Å². The molecule has 0 aromatic heterocycles. The van der Waals surface area contributed by atoms with Crippen LogP contribution in [0.15, 0.2) is 88.7 Å². The number of nitrogens with one attached hydrogen (secondary N) is 1. The quantitative estimate of drug-likeness (QED) is 0.267. The van der Waals surface area contributed by atoms with E-state index in [9.17, 15) is 34.8 Å². The number of benzene rings is 3. The largest absolute Gasteiger partial charge is 0.416 e. The molecule has 0 radical (unpaired) electrons. The first kappa shape index (κ1) is 32.5. The zero-order valence-electron chi connectivity index (χ0n) is 21.9. The van der Waals surface area contributed by atoms with Crippen LogP contribution in [0.5, 0.6) is 0 Å². The highest BCUT2D eigenvalue weighted by Gasteiger charge is 2.33. The molecule has 0 aliphatic heterocycles. The number of alkyl halides is 4. The van der Waals surface area contributed by atoms with Crippen molar-refractivity contribution in [3.8, 4) is 0 Å². The van der Waals surface area contributed by atoms with Gasteiger partial charge >= 0.3 is 6.18 Å². The number of hydrogen-bond donors (Lipinski definition) is 1. The van der Waals surface area contributed by atoms with Gasteiger partial charge in [0.1, 0.15) is 0 Å². The molecule has 0 bridgehead atoms. The fraction of sp³-hybridized carbons (Fsp3) is 0.250. The van der Waals surface area contributed by atoms with E-state index < -0.39 is 42.9 Å². The first-order chi connectivity index (χ1) is 19.2. The van der Waals surface area contributed by atoms with Crippen molar-refractivity contribution in [2.75, 3.05) is 31.2 Å². The molecule has 0 aliphatic carbocycles. The van der Waals surface area contributed by atoms with Gasteiger partial charge in [0.25, 0.3) is 5.91 Å². The number of carbonyl (C=O) groups excluding carboxylic acids is 1. The SMILES string of the molecule is CN(CCNS(=O)(=O)CC=Cc1cc(S(=O)(=O)c2ccccc2)ccc1C(F)(F)F)C(=O)c1ccc(CCBr)cc1. The highest BCUT2D eigenvalue weighted by Crippen LogP contribution is 2.35. The number of halogens is 4. The van der Waals surface area contributed by atoms with Crippen molar-refractivity contribution in [1.82, 2.24) is 9.62 Å². The maximum Gasteiger partial charge on any atom is 0.416 e. The monoisotopic (exact) mass is 672 g/mol. The lowest BCUT2D eigenvalue weighted by Crippen LogP contribution is -2.36. The summed E-state index contributed by atoms with van der Waals surface area (Å²) in [6.07, 6.45) is -2.04. The smallest absolute Gasteiger partial charge is 0.340 e. The molecular weight excluding hydrogens is 645 g/mol. The van der Waals surface area contributed by atoms with E-state index in [1.807, 2.05) is 12.1 Å². The van der Waals surface area contributed by atoms with E-state index in [4.69, 9.17) is 0 Å².